The van der Waals surface area contributed by atoms with Crippen LogP contribution < -0.4 is 16.4 Å². The van der Waals surface area contributed by atoms with Gasteiger partial charge in [-0.05, 0) is 62.8 Å². The molecular weight excluding hydrogens is 446 g/mol. The summed E-state index contributed by atoms with van der Waals surface area (Å²) >= 11 is 0. The molecular formula is C24H27N9O2. The van der Waals surface area contributed by atoms with Gasteiger partial charge in [-0.2, -0.15) is 25.4 Å². The number of primary amides is 1. The Balaban J connectivity index is 1.28. The van der Waals surface area contributed by atoms with E-state index in [4.69, 9.17) is 5.73 Å². The van der Waals surface area contributed by atoms with Crippen LogP contribution in [0.3, 0.4) is 0 Å². The molecule has 0 radical (unpaired) electrons. The molecule has 4 N–H and O–H groups in total. The van der Waals surface area contributed by atoms with Crippen LogP contribution in [-0.4, -0.2) is 42.6 Å². The van der Waals surface area contributed by atoms with Crippen LogP contribution in [0, 0.1) is 17.2 Å². The number of carbonyl (C=O) groups is 2. The predicted molar refractivity (Wildman–Crippen MR) is 128 cm³/mol. The molecule has 11 heteroatoms. The number of hydrogen-bond acceptors (Lipinski definition) is 7. The molecule has 35 heavy (non-hydrogen) atoms. The molecule has 2 fully saturated rings. The molecule has 2 heterocycles. The fraction of sp³-hybridized carbons (Fsp3) is 0.417. The van der Waals surface area contributed by atoms with Crippen LogP contribution in [0.4, 0.5) is 11.5 Å². The van der Waals surface area contributed by atoms with Crippen molar-refractivity contribution in [3.05, 3.63) is 48.4 Å². The Labute approximate surface area is 202 Å². The number of nitrogens with zero attached hydrogens (tertiary/aromatic N) is 6. The van der Waals surface area contributed by atoms with E-state index in [0.717, 1.165) is 37.1 Å². The molecule has 1 aromatic carbocycles. The Morgan fingerprint density at radius 2 is 1.80 bits per heavy atom. The zero-order valence-corrected chi connectivity index (χ0v) is 19.2. The van der Waals surface area contributed by atoms with Gasteiger partial charge in [-0.1, -0.05) is 0 Å². The predicted octanol–water partition coefficient (Wildman–Crippen LogP) is 2.57. The lowest BCUT2D eigenvalue weighted by molar-refractivity contribution is -0.117. The Bertz CT molecular complexity index is 1250. The Morgan fingerprint density at radius 3 is 2.40 bits per heavy atom. The third kappa shape index (κ3) is 4.73. The Kier molecular flexibility index (Phi) is 5.94. The van der Waals surface area contributed by atoms with Crippen LogP contribution in [0.25, 0.3) is 5.69 Å². The summed E-state index contributed by atoms with van der Waals surface area (Å²) in [5.41, 5.74) is 7.05. The highest BCUT2D eigenvalue weighted by Gasteiger charge is 2.39. The molecule has 0 bridgehead atoms. The number of rotatable bonds is 8. The molecule has 2 aromatic heterocycles. The van der Waals surface area contributed by atoms with E-state index in [9.17, 15) is 14.9 Å². The van der Waals surface area contributed by atoms with Crippen molar-refractivity contribution in [1.29, 1.82) is 5.26 Å². The van der Waals surface area contributed by atoms with E-state index in [1.807, 2.05) is 24.3 Å². The molecule has 0 saturated heterocycles. The maximum Gasteiger partial charge on any atom is 0.254 e. The van der Waals surface area contributed by atoms with E-state index < -0.39 is 11.4 Å². The highest BCUT2D eigenvalue weighted by atomic mass is 16.2. The second kappa shape index (κ2) is 9.21. The van der Waals surface area contributed by atoms with Gasteiger partial charge in [0.15, 0.2) is 5.82 Å². The second-order valence-corrected chi connectivity index (χ2v) is 9.31. The lowest BCUT2D eigenvalue weighted by atomic mass is 9.77. The molecule has 0 unspecified atom stereocenters. The van der Waals surface area contributed by atoms with Gasteiger partial charge in [0.25, 0.3) is 5.91 Å². The van der Waals surface area contributed by atoms with Crippen LogP contribution >= 0.6 is 0 Å². The molecule has 0 atom stereocenters. The van der Waals surface area contributed by atoms with E-state index in [1.165, 1.54) is 0 Å². The first-order valence-corrected chi connectivity index (χ1v) is 11.8. The van der Waals surface area contributed by atoms with E-state index in [1.54, 1.807) is 28.1 Å². The molecule has 0 aliphatic heterocycles. The van der Waals surface area contributed by atoms with Gasteiger partial charge in [-0.15, -0.1) is 0 Å². The third-order valence-electron chi connectivity index (χ3n) is 6.87. The fourth-order valence-electron chi connectivity index (χ4n) is 4.66. The highest BCUT2D eigenvalue weighted by Crippen LogP contribution is 2.39. The standard InChI is InChI=1S/C24H27N9O2/c25-12-11-24(32-15-20(21(26)34)22(31-32)30-23(35)16-1-2-16)9-7-18(8-10-24)29-17-3-5-19(6-4-17)33-27-13-14-28-33/h3-6,13-16,18,29H,1-2,7-11H2,(H2,26,34)(H,30,31,35). The molecule has 2 aliphatic rings. The molecule has 0 spiro atoms. The minimum absolute atomic E-state index is 0.0275. The van der Waals surface area contributed by atoms with E-state index in [-0.39, 0.29) is 35.7 Å². The highest BCUT2D eigenvalue weighted by molar-refractivity contribution is 6.02. The van der Waals surface area contributed by atoms with Crippen molar-refractivity contribution in [3.8, 4) is 11.8 Å². The van der Waals surface area contributed by atoms with Gasteiger partial charge in [0.2, 0.25) is 5.91 Å². The summed E-state index contributed by atoms with van der Waals surface area (Å²) < 4.78 is 1.68. The van der Waals surface area contributed by atoms with Gasteiger partial charge < -0.3 is 16.4 Å². The molecule has 2 amide bonds. The van der Waals surface area contributed by atoms with Gasteiger partial charge in [0.05, 0.1) is 36.1 Å². The summed E-state index contributed by atoms with van der Waals surface area (Å²) in [5.74, 6) is -0.646. The lowest BCUT2D eigenvalue weighted by Gasteiger charge is -2.39. The van der Waals surface area contributed by atoms with Gasteiger partial charge in [0, 0.05) is 23.8 Å². The fourth-order valence-corrected chi connectivity index (χ4v) is 4.66. The van der Waals surface area contributed by atoms with Gasteiger partial charge in [-0.25, -0.2) is 0 Å². The van der Waals surface area contributed by atoms with E-state index >= 15 is 0 Å². The zero-order valence-electron chi connectivity index (χ0n) is 19.2. The summed E-state index contributed by atoms with van der Waals surface area (Å²) in [6.45, 7) is 0. The van der Waals surface area contributed by atoms with Crippen molar-refractivity contribution in [3.63, 3.8) is 0 Å². The maximum atomic E-state index is 12.3. The number of nitrogens with one attached hydrogen (secondary N) is 2. The number of nitriles is 1. The van der Waals surface area contributed by atoms with Gasteiger partial charge in [-0.3, -0.25) is 14.3 Å². The van der Waals surface area contributed by atoms with Crippen LogP contribution in [0.1, 0.15) is 55.3 Å². The minimum Gasteiger partial charge on any atom is -0.382 e. The largest absolute Gasteiger partial charge is 0.382 e. The first kappa shape index (κ1) is 22.6. The van der Waals surface area contributed by atoms with Crippen molar-refractivity contribution in [2.75, 3.05) is 10.6 Å². The second-order valence-electron chi connectivity index (χ2n) is 9.31. The number of anilines is 2. The van der Waals surface area contributed by atoms with E-state index in [2.05, 4.69) is 32.0 Å². The van der Waals surface area contributed by atoms with Gasteiger partial charge in [0.1, 0.15) is 5.56 Å². The number of hydrogen-bond donors (Lipinski definition) is 3. The van der Waals surface area contributed by atoms with Crippen molar-refractivity contribution >= 4 is 23.3 Å². The molecule has 5 rings (SSSR count). The smallest absolute Gasteiger partial charge is 0.254 e. The first-order valence-electron chi connectivity index (χ1n) is 11.8. The Morgan fingerprint density at radius 1 is 1.11 bits per heavy atom. The summed E-state index contributed by atoms with van der Waals surface area (Å²) in [4.78, 5) is 25.9. The summed E-state index contributed by atoms with van der Waals surface area (Å²) in [6, 6.07) is 10.4. The van der Waals surface area contributed by atoms with Crippen molar-refractivity contribution in [1.82, 2.24) is 24.8 Å². The molecule has 3 aromatic rings. The third-order valence-corrected chi connectivity index (χ3v) is 6.87. The van der Waals surface area contributed by atoms with Crippen LogP contribution in [0.5, 0.6) is 0 Å². The molecule has 2 saturated carbocycles. The van der Waals surface area contributed by atoms with Crippen LogP contribution in [0.15, 0.2) is 42.9 Å². The number of nitrogens with two attached hydrogens (primary N) is 1. The molecule has 11 nitrogen and oxygen atoms in total. The summed E-state index contributed by atoms with van der Waals surface area (Å²) in [7, 11) is 0. The average Bonchev–Trinajstić information content (AvgIpc) is 3.39. The SMILES string of the molecule is N#CCC1(n2cc(C(N)=O)c(NC(=O)C3CC3)n2)CCC(Nc2ccc(-n3nccn3)cc2)CC1. The quantitative estimate of drug-likeness (QED) is 0.454. The number of amides is 2. The topological polar surface area (TPSA) is 157 Å². The number of aromatic nitrogens is 5. The van der Waals surface area contributed by atoms with E-state index in [0.29, 0.717) is 12.8 Å². The molecule has 2 aliphatic carbocycles. The number of benzene rings is 1. The van der Waals surface area contributed by atoms with Crippen molar-refractivity contribution < 1.29 is 9.59 Å². The monoisotopic (exact) mass is 473 g/mol. The normalized spacial score (nSPS) is 21.7. The van der Waals surface area contributed by atoms with Gasteiger partial charge >= 0.3 is 0 Å². The van der Waals surface area contributed by atoms with Crippen LogP contribution in [-0.2, 0) is 10.3 Å². The minimum atomic E-state index is -0.654. The lowest BCUT2D eigenvalue weighted by Crippen LogP contribution is -2.41. The zero-order chi connectivity index (χ0) is 24.4. The van der Waals surface area contributed by atoms with Crippen molar-refractivity contribution in [2.24, 2.45) is 11.7 Å². The maximum absolute atomic E-state index is 12.3. The van der Waals surface area contributed by atoms with Crippen molar-refractivity contribution in [2.45, 2.75) is 56.5 Å². The average molecular weight is 474 g/mol. The van der Waals surface area contributed by atoms with Crippen LogP contribution in [0.2, 0.25) is 0 Å². The Hall–Kier alpha value is -4.20. The molecule has 180 valence electrons. The number of carbonyl (C=O) groups excluding carboxylic acids is 2. The summed E-state index contributed by atoms with van der Waals surface area (Å²) in [5, 5.41) is 28.7. The summed E-state index contributed by atoms with van der Waals surface area (Å²) in [6.07, 6.45) is 9.82. The first-order chi connectivity index (χ1) is 17.0.